The minimum atomic E-state index is -0.380. The van der Waals surface area contributed by atoms with Crippen molar-refractivity contribution in [3.05, 3.63) is 28.2 Å². The molecule has 1 aromatic rings. The van der Waals surface area contributed by atoms with Gasteiger partial charge < -0.3 is 10.4 Å². The molecule has 1 atom stereocenters. The van der Waals surface area contributed by atoms with E-state index < -0.39 is 0 Å². The maximum atomic E-state index is 9.02. The van der Waals surface area contributed by atoms with Gasteiger partial charge in [0.2, 0.25) is 0 Å². The number of halogens is 2. The van der Waals surface area contributed by atoms with Crippen molar-refractivity contribution in [2.24, 2.45) is 0 Å². The molecule has 2 nitrogen and oxygen atoms in total. The highest BCUT2D eigenvalue weighted by atomic mass is 35.5. The molecule has 0 saturated heterocycles. The molecule has 0 aromatic heterocycles. The van der Waals surface area contributed by atoms with E-state index in [4.69, 9.17) is 28.3 Å². The Morgan fingerprint density at radius 1 is 1.38 bits per heavy atom. The normalized spacial score (nSPS) is 12.6. The van der Waals surface area contributed by atoms with Gasteiger partial charge in [0.15, 0.2) is 0 Å². The highest BCUT2D eigenvalue weighted by molar-refractivity contribution is 6.42. The highest BCUT2D eigenvalue weighted by Crippen LogP contribution is 2.24. The second-order valence-corrected chi connectivity index (χ2v) is 3.67. The predicted molar refractivity (Wildman–Crippen MR) is 56.6 cm³/mol. The average molecular weight is 220 g/mol. The monoisotopic (exact) mass is 219 g/mol. The van der Waals surface area contributed by atoms with E-state index in [1.807, 2.05) is 6.07 Å². The van der Waals surface area contributed by atoms with Crippen LogP contribution in [-0.2, 0) is 0 Å². The van der Waals surface area contributed by atoms with Crippen LogP contribution in [0.1, 0.15) is 6.92 Å². The maximum absolute atomic E-state index is 9.02. The van der Waals surface area contributed by atoms with Crippen LogP contribution in [0.5, 0.6) is 0 Å². The quantitative estimate of drug-likeness (QED) is 0.820. The number of aliphatic hydroxyl groups is 1. The zero-order valence-electron chi connectivity index (χ0n) is 7.22. The molecule has 0 aliphatic rings. The van der Waals surface area contributed by atoms with Gasteiger partial charge in [0.1, 0.15) is 0 Å². The Labute approximate surface area is 87.5 Å². The molecule has 0 aliphatic heterocycles. The van der Waals surface area contributed by atoms with Crippen LogP contribution >= 0.6 is 23.2 Å². The summed E-state index contributed by atoms with van der Waals surface area (Å²) in [6, 6.07) is 5.26. The van der Waals surface area contributed by atoms with Crippen molar-refractivity contribution in [2.75, 3.05) is 11.9 Å². The number of hydrogen-bond acceptors (Lipinski definition) is 2. The molecule has 1 rings (SSSR count). The summed E-state index contributed by atoms with van der Waals surface area (Å²) in [5, 5.41) is 13.1. The number of aliphatic hydroxyl groups excluding tert-OH is 1. The smallest absolute Gasteiger partial charge is 0.0684 e. The van der Waals surface area contributed by atoms with Gasteiger partial charge in [-0.05, 0) is 25.1 Å². The molecule has 0 spiro atoms. The molecule has 0 radical (unpaired) electrons. The number of rotatable bonds is 3. The second kappa shape index (κ2) is 4.70. The Bertz CT molecular complexity index is 289. The van der Waals surface area contributed by atoms with Gasteiger partial charge in [-0.1, -0.05) is 23.2 Å². The van der Waals surface area contributed by atoms with Gasteiger partial charge in [-0.2, -0.15) is 0 Å². The van der Waals surface area contributed by atoms with Gasteiger partial charge in [0.25, 0.3) is 0 Å². The van der Waals surface area contributed by atoms with Crippen LogP contribution in [0.3, 0.4) is 0 Å². The Hall–Kier alpha value is -0.440. The Morgan fingerprint density at radius 3 is 2.62 bits per heavy atom. The molecule has 1 aromatic carbocycles. The van der Waals surface area contributed by atoms with Crippen molar-refractivity contribution in [3.63, 3.8) is 0 Å². The Balaban J connectivity index is 2.63. The molecule has 0 aliphatic carbocycles. The lowest BCUT2D eigenvalue weighted by Crippen LogP contribution is -2.15. The van der Waals surface area contributed by atoms with E-state index in [-0.39, 0.29) is 6.10 Å². The lowest BCUT2D eigenvalue weighted by molar-refractivity contribution is 0.208. The third kappa shape index (κ3) is 3.43. The van der Waals surface area contributed by atoms with Gasteiger partial charge in [0.05, 0.1) is 16.1 Å². The van der Waals surface area contributed by atoms with Gasteiger partial charge in [0, 0.05) is 12.2 Å². The molecule has 13 heavy (non-hydrogen) atoms. The molecule has 2 N–H and O–H groups in total. The van der Waals surface area contributed by atoms with Crippen LogP contribution in [0.4, 0.5) is 5.69 Å². The second-order valence-electron chi connectivity index (χ2n) is 2.86. The molecular weight excluding hydrogens is 209 g/mol. The van der Waals surface area contributed by atoms with E-state index in [0.29, 0.717) is 16.6 Å². The third-order valence-electron chi connectivity index (χ3n) is 1.52. The Morgan fingerprint density at radius 2 is 2.08 bits per heavy atom. The fourth-order valence-electron chi connectivity index (χ4n) is 0.872. The van der Waals surface area contributed by atoms with E-state index in [9.17, 15) is 0 Å². The zero-order chi connectivity index (χ0) is 9.84. The number of benzene rings is 1. The third-order valence-corrected chi connectivity index (χ3v) is 2.26. The van der Waals surface area contributed by atoms with Crippen molar-refractivity contribution in [3.8, 4) is 0 Å². The molecule has 4 heteroatoms. The van der Waals surface area contributed by atoms with E-state index in [1.54, 1.807) is 19.1 Å². The van der Waals surface area contributed by atoms with Gasteiger partial charge in [-0.3, -0.25) is 0 Å². The molecule has 0 heterocycles. The molecule has 0 amide bonds. The molecule has 0 unspecified atom stereocenters. The molecular formula is C9H11Cl2NO. The summed E-state index contributed by atoms with van der Waals surface area (Å²) < 4.78 is 0. The van der Waals surface area contributed by atoms with Gasteiger partial charge in [-0.25, -0.2) is 0 Å². The van der Waals surface area contributed by atoms with Crippen molar-refractivity contribution in [1.29, 1.82) is 0 Å². The first kappa shape index (κ1) is 10.6. The van der Waals surface area contributed by atoms with Crippen molar-refractivity contribution in [1.82, 2.24) is 0 Å². The van der Waals surface area contributed by atoms with Crippen molar-refractivity contribution in [2.45, 2.75) is 13.0 Å². The molecule has 72 valence electrons. The van der Waals surface area contributed by atoms with E-state index in [0.717, 1.165) is 5.69 Å². The van der Waals surface area contributed by atoms with Gasteiger partial charge >= 0.3 is 0 Å². The first-order valence-electron chi connectivity index (χ1n) is 3.96. The number of anilines is 1. The summed E-state index contributed by atoms with van der Waals surface area (Å²) >= 11 is 11.5. The van der Waals surface area contributed by atoms with Crippen LogP contribution < -0.4 is 5.32 Å². The fraction of sp³-hybridized carbons (Fsp3) is 0.333. The largest absolute Gasteiger partial charge is 0.392 e. The van der Waals surface area contributed by atoms with Crippen molar-refractivity contribution < 1.29 is 5.11 Å². The first-order valence-corrected chi connectivity index (χ1v) is 4.72. The summed E-state index contributed by atoms with van der Waals surface area (Å²) in [5.41, 5.74) is 0.857. The molecule has 0 saturated carbocycles. The van der Waals surface area contributed by atoms with E-state index in [1.165, 1.54) is 0 Å². The summed E-state index contributed by atoms with van der Waals surface area (Å²) in [6.45, 7) is 2.21. The first-order chi connectivity index (χ1) is 6.09. The Kier molecular flexibility index (Phi) is 3.85. The lowest BCUT2D eigenvalue weighted by atomic mass is 10.3. The van der Waals surface area contributed by atoms with Crippen LogP contribution in [0.15, 0.2) is 18.2 Å². The summed E-state index contributed by atoms with van der Waals surface area (Å²) in [4.78, 5) is 0. The molecule has 0 bridgehead atoms. The lowest BCUT2D eigenvalue weighted by Gasteiger charge is -2.08. The zero-order valence-corrected chi connectivity index (χ0v) is 8.73. The van der Waals surface area contributed by atoms with Crippen LogP contribution in [0, 0.1) is 0 Å². The summed E-state index contributed by atoms with van der Waals surface area (Å²) in [5.74, 6) is 0. The SMILES string of the molecule is C[C@H](O)CNc1ccc(Cl)c(Cl)c1. The van der Waals surface area contributed by atoms with Crippen LogP contribution in [-0.4, -0.2) is 17.8 Å². The van der Waals surface area contributed by atoms with Crippen LogP contribution in [0.25, 0.3) is 0 Å². The number of hydrogen-bond donors (Lipinski definition) is 2. The number of nitrogens with one attached hydrogen (secondary N) is 1. The van der Waals surface area contributed by atoms with Crippen LogP contribution in [0.2, 0.25) is 10.0 Å². The van der Waals surface area contributed by atoms with E-state index >= 15 is 0 Å². The maximum Gasteiger partial charge on any atom is 0.0684 e. The highest BCUT2D eigenvalue weighted by Gasteiger charge is 1.99. The van der Waals surface area contributed by atoms with Gasteiger partial charge in [-0.15, -0.1) is 0 Å². The summed E-state index contributed by atoms with van der Waals surface area (Å²) in [6.07, 6.45) is -0.380. The summed E-state index contributed by atoms with van der Waals surface area (Å²) in [7, 11) is 0. The average Bonchev–Trinajstić information content (AvgIpc) is 2.07. The minimum Gasteiger partial charge on any atom is -0.392 e. The standard InChI is InChI=1S/C9H11Cl2NO/c1-6(13)5-12-7-2-3-8(10)9(11)4-7/h2-4,6,12-13H,5H2,1H3/t6-/m0/s1. The van der Waals surface area contributed by atoms with Crippen molar-refractivity contribution >= 4 is 28.9 Å². The molecule has 0 fully saturated rings. The predicted octanol–water partition coefficient (Wildman–Crippen LogP) is 2.79. The minimum absolute atomic E-state index is 0.380. The topological polar surface area (TPSA) is 32.3 Å². The fourth-order valence-corrected chi connectivity index (χ4v) is 1.17. The van der Waals surface area contributed by atoms with E-state index in [2.05, 4.69) is 5.32 Å².